The molecule has 0 aliphatic heterocycles. The van der Waals surface area contributed by atoms with Crippen LogP contribution in [0, 0.1) is 11.6 Å². The Balaban J connectivity index is 0.00000225. The maximum atomic E-state index is 12.8. The van der Waals surface area contributed by atoms with Crippen molar-refractivity contribution < 1.29 is 18.7 Å². The molecule has 0 unspecified atom stereocenters. The molecule has 1 aromatic rings. The molecular formula is C10H12ClF2NO2. The van der Waals surface area contributed by atoms with E-state index in [1.165, 1.54) is 6.07 Å². The largest absolute Gasteiger partial charge is 0.481 e. The average molecular weight is 252 g/mol. The Kier molecular flexibility index (Phi) is 5.92. The third-order valence-electron chi connectivity index (χ3n) is 1.92. The molecule has 0 saturated carbocycles. The fourth-order valence-corrected chi connectivity index (χ4v) is 1.27. The summed E-state index contributed by atoms with van der Waals surface area (Å²) in [6, 6.07) is 2.82. The second kappa shape index (κ2) is 6.40. The smallest absolute Gasteiger partial charge is 0.304 e. The van der Waals surface area contributed by atoms with Crippen molar-refractivity contribution in [1.29, 1.82) is 0 Å². The monoisotopic (exact) mass is 251 g/mol. The van der Waals surface area contributed by atoms with Gasteiger partial charge in [0.1, 0.15) is 0 Å². The lowest BCUT2D eigenvalue weighted by Gasteiger charge is -2.08. The first-order valence-electron chi connectivity index (χ1n) is 4.40. The fourth-order valence-electron chi connectivity index (χ4n) is 1.27. The number of nitrogens with two attached hydrogens (primary N) is 1. The number of aliphatic carboxylic acids is 1. The molecule has 3 nitrogen and oxygen atoms in total. The van der Waals surface area contributed by atoms with Gasteiger partial charge >= 0.3 is 5.97 Å². The van der Waals surface area contributed by atoms with Crippen LogP contribution in [0.5, 0.6) is 0 Å². The van der Waals surface area contributed by atoms with Gasteiger partial charge in [0.05, 0.1) is 6.42 Å². The fraction of sp³-hybridized carbons (Fsp3) is 0.300. The van der Waals surface area contributed by atoms with Gasteiger partial charge in [0.15, 0.2) is 11.6 Å². The van der Waals surface area contributed by atoms with Gasteiger partial charge in [-0.3, -0.25) is 4.79 Å². The number of rotatable bonds is 4. The molecule has 16 heavy (non-hydrogen) atoms. The summed E-state index contributed by atoms with van der Waals surface area (Å²) in [5.74, 6) is -2.88. The molecule has 0 amide bonds. The first-order chi connectivity index (χ1) is 6.99. The highest BCUT2D eigenvalue weighted by atomic mass is 35.5. The van der Waals surface area contributed by atoms with Crippen LogP contribution in [0.25, 0.3) is 0 Å². The molecule has 0 spiro atoms. The summed E-state index contributed by atoms with van der Waals surface area (Å²) in [6.07, 6.45) is 0.0164. The standard InChI is InChI=1S/C10H11F2NO2.ClH/c11-8-2-1-6(4-9(8)12)3-7(13)5-10(14)15;/h1-2,4,7H,3,5,13H2,(H,14,15);1H/t7-;/m0./s1. The van der Waals surface area contributed by atoms with Crippen molar-refractivity contribution in [3.05, 3.63) is 35.4 Å². The van der Waals surface area contributed by atoms with Gasteiger partial charge in [-0.2, -0.15) is 0 Å². The van der Waals surface area contributed by atoms with E-state index in [0.717, 1.165) is 12.1 Å². The number of carbonyl (C=O) groups is 1. The second-order valence-corrected chi connectivity index (χ2v) is 3.31. The summed E-state index contributed by atoms with van der Waals surface area (Å²) in [4.78, 5) is 10.3. The van der Waals surface area contributed by atoms with Gasteiger partial charge in [0, 0.05) is 6.04 Å². The molecule has 0 fully saturated rings. The Morgan fingerprint density at radius 2 is 2.00 bits per heavy atom. The Bertz CT molecular complexity index is 374. The van der Waals surface area contributed by atoms with Crippen molar-refractivity contribution in [3.8, 4) is 0 Å². The normalized spacial score (nSPS) is 11.7. The highest BCUT2D eigenvalue weighted by molar-refractivity contribution is 5.85. The van der Waals surface area contributed by atoms with Crippen molar-refractivity contribution >= 4 is 18.4 Å². The third-order valence-corrected chi connectivity index (χ3v) is 1.92. The van der Waals surface area contributed by atoms with Crippen molar-refractivity contribution in [2.24, 2.45) is 5.73 Å². The van der Waals surface area contributed by atoms with Crippen LogP contribution in [0.3, 0.4) is 0 Å². The average Bonchev–Trinajstić information content (AvgIpc) is 2.10. The highest BCUT2D eigenvalue weighted by Gasteiger charge is 2.10. The number of carboxylic acids is 1. The van der Waals surface area contributed by atoms with Crippen LogP contribution in [-0.2, 0) is 11.2 Å². The van der Waals surface area contributed by atoms with Crippen LogP contribution < -0.4 is 5.73 Å². The topological polar surface area (TPSA) is 63.3 Å². The van der Waals surface area contributed by atoms with E-state index < -0.39 is 23.6 Å². The Morgan fingerprint density at radius 1 is 1.38 bits per heavy atom. The molecule has 6 heteroatoms. The molecule has 0 aliphatic rings. The van der Waals surface area contributed by atoms with Gasteiger partial charge in [-0.1, -0.05) is 6.07 Å². The van der Waals surface area contributed by atoms with E-state index in [1.54, 1.807) is 0 Å². The van der Waals surface area contributed by atoms with Gasteiger partial charge < -0.3 is 10.8 Å². The van der Waals surface area contributed by atoms with E-state index in [4.69, 9.17) is 10.8 Å². The first-order valence-corrected chi connectivity index (χ1v) is 4.40. The number of benzene rings is 1. The minimum Gasteiger partial charge on any atom is -0.481 e. The van der Waals surface area contributed by atoms with Crippen LogP contribution in [0.15, 0.2) is 18.2 Å². The lowest BCUT2D eigenvalue weighted by Crippen LogP contribution is -2.26. The highest BCUT2D eigenvalue weighted by Crippen LogP contribution is 2.10. The second-order valence-electron chi connectivity index (χ2n) is 3.31. The molecule has 0 bridgehead atoms. The van der Waals surface area contributed by atoms with Gasteiger partial charge in [-0.15, -0.1) is 12.4 Å². The van der Waals surface area contributed by atoms with E-state index in [1.807, 2.05) is 0 Å². The van der Waals surface area contributed by atoms with Crippen LogP contribution in [0.4, 0.5) is 8.78 Å². The predicted octanol–water partition coefficient (Wildman–Crippen LogP) is 1.73. The molecule has 1 aromatic carbocycles. The minimum atomic E-state index is -1.01. The van der Waals surface area contributed by atoms with Crippen molar-refractivity contribution in [3.63, 3.8) is 0 Å². The van der Waals surface area contributed by atoms with Crippen LogP contribution in [-0.4, -0.2) is 17.1 Å². The zero-order chi connectivity index (χ0) is 11.4. The molecule has 3 N–H and O–H groups in total. The summed E-state index contributed by atoms with van der Waals surface area (Å²) in [7, 11) is 0. The lowest BCUT2D eigenvalue weighted by molar-refractivity contribution is -0.137. The van der Waals surface area contributed by atoms with Crippen LogP contribution in [0.1, 0.15) is 12.0 Å². The molecule has 90 valence electrons. The van der Waals surface area contributed by atoms with Crippen LogP contribution >= 0.6 is 12.4 Å². The molecule has 1 atom stereocenters. The van der Waals surface area contributed by atoms with E-state index in [2.05, 4.69) is 0 Å². The summed E-state index contributed by atoms with van der Waals surface area (Å²) in [5.41, 5.74) is 5.99. The Hall–Kier alpha value is -1.20. The lowest BCUT2D eigenvalue weighted by atomic mass is 10.0. The maximum Gasteiger partial charge on any atom is 0.304 e. The molecule has 0 radical (unpaired) electrons. The number of carboxylic acid groups (broad SMARTS) is 1. The van der Waals surface area contributed by atoms with E-state index in [0.29, 0.717) is 5.56 Å². The molecule has 1 rings (SSSR count). The van der Waals surface area contributed by atoms with Gasteiger partial charge in [-0.25, -0.2) is 8.78 Å². The van der Waals surface area contributed by atoms with Gasteiger partial charge in [0.2, 0.25) is 0 Å². The summed E-state index contributed by atoms with van der Waals surface area (Å²) >= 11 is 0. The van der Waals surface area contributed by atoms with Crippen molar-refractivity contribution in [2.45, 2.75) is 18.9 Å². The van der Waals surface area contributed by atoms with E-state index >= 15 is 0 Å². The van der Waals surface area contributed by atoms with Gasteiger partial charge in [0.25, 0.3) is 0 Å². The third kappa shape index (κ3) is 4.55. The summed E-state index contributed by atoms with van der Waals surface area (Å²) in [5, 5.41) is 8.45. The zero-order valence-electron chi connectivity index (χ0n) is 8.32. The minimum absolute atomic E-state index is 0. The maximum absolute atomic E-state index is 12.8. The molecular weight excluding hydrogens is 240 g/mol. The van der Waals surface area contributed by atoms with Crippen LogP contribution in [0.2, 0.25) is 0 Å². The van der Waals surface area contributed by atoms with Gasteiger partial charge in [-0.05, 0) is 24.1 Å². The molecule has 0 heterocycles. The quantitative estimate of drug-likeness (QED) is 0.857. The SMILES string of the molecule is Cl.N[C@H](CC(=O)O)Cc1ccc(F)c(F)c1. The predicted molar refractivity (Wildman–Crippen MR) is 57.5 cm³/mol. The molecule has 0 aliphatic carbocycles. The zero-order valence-corrected chi connectivity index (χ0v) is 9.14. The van der Waals surface area contributed by atoms with E-state index in [-0.39, 0.29) is 25.2 Å². The summed E-state index contributed by atoms with van der Waals surface area (Å²) in [6.45, 7) is 0. The Morgan fingerprint density at radius 3 is 2.50 bits per heavy atom. The molecule has 0 aromatic heterocycles. The van der Waals surface area contributed by atoms with Crippen molar-refractivity contribution in [1.82, 2.24) is 0 Å². The number of hydrogen-bond donors (Lipinski definition) is 2. The number of hydrogen-bond acceptors (Lipinski definition) is 2. The van der Waals surface area contributed by atoms with E-state index in [9.17, 15) is 13.6 Å². The summed E-state index contributed by atoms with van der Waals surface area (Å²) < 4.78 is 25.3. The van der Waals surface area contributed by atoms with Crippen molar-refractivity contribution in [2.75, 3.05) is 0 Å². The Labute approximate surface area is 97.7 Å². The number of halogens is 3. The molecule has 0 saturated heterocycles. The first kappa shape index (κ1) is 14.8.